The van der Waals surface area contributed by atoms with Crippen LogP contribution in [0.25, 0.3) is 0 Å². The topological polar surface area (TPSA) is 26.3 Å². The molecule has 0 amide bonds. The van der Waals surface area contributed by atoms with Crippen LogP contribution in [0.2, 0.25) is 0 Å². The van der Waals surface area contributed by atoms with E-state index in [2.05, 4.69) is 0 Å². The number of ketones is 1. The number of hydrogen-bond acceptors (Lipinski definition) is 3. The summed E-state index contributed by atoms with van der Waals surface area (Å²) in [6.45, 7) is 0.526. The summed E-state index contributed by atoms with van der Waals surface area (Å²) in [7, 11) is 0. The molecule has 0 fully saturated rings. The first kappa shape index (κ1) is 13.1. The van der Waals surface area contributed by atoms with Gasteiger partial charge in [0.15, 0.2) is 0 Å². The lowest BCUT2D eigenvalue weighted by Gasteiger charge is -2.09. The smallest absolute Gasteiger partial charge is 0.206 e. The van der Waals surface area contributed by atoms with E-state index in [1.54, 1.807) is 6.07 Å². The third kappa shape index (κ3) is 3.12. The molecule has 0 aliphatic carbocycles. The Morgan fingerprint density at radius 1 is 1.22 bits per heavy atom. The van der Waals surface area contributed by atoms with Crippen LogP contribution >= 0.6 is 22.9 Å². The first-order valence-corrected chi connectivity index (χ1v) is 7.10. The number of carbonyl (C=O) groups is 1. The Morgan fingerprint density at radius 3 is 2.78 bits per heavy atom. The fourth-order valence-electron chi connectivity index (χ4n) is 1.56. The van der Waals surface area contributed by atoms with E-state index < -0.39 is 0 Å². The van der Waals surface area contributed by atoms with E-state index in [4.69, 9.17) is 16.3 Å². The standard InChI is InChI=1S/C14H13ClO2S/c15-8-4-9-17-12-6-2-1-5-11(12)14(16)13-7-3-10-18-13/h1-3,5-7,10H,4,8-9H2. The predicted molar refractivity (Wildman–Crippen MR) is 75.0 cm³/mol. The van der Waals surface area contributed by atoms with E-state index in [1.165, 1.54) is 11.3 Å². The molecule has 1 heterocycles. The monoisotopic (exact) mass is 280 g/mol. The van der Waals surface area contributed by atoms with Crippen molar-refractivity contribution in [2.24, 2.45) is 0 Å². The minimum absolute atomic E-state index is 0.00599. The maximum absolute atomic E-state index is 12.3. The Bertz CT molecular complexity index is 508. The van der Waals surface area contributed by atoms with Gasteiger partial charge in [0, 0.05) is 5.88 Å². The van der Waals surface area contributed by atoms with Crippen LogP contribution in [0.15, 0.2) is 41.8 Å². The Morgan fingerprint density at radius 2 is 2.06 bits per heavy atom. The van der Waals surface area contributed by atoms with Gasteiger partial charge in [-0.05, 0) is 30.0 Å². The molecule has 2 rings (SSSR count). The van der Waals surface area contributed by atoms with Crippen molar-refractivity contribution in [2.75, 3.05) is 12.5 Å². The second-order valence-corrected chi connectivity index (χ2v) is 5.02. The molecule has 0 aliphatic rings. The van der Waals surface area contributed by atoms with Crippen molar-refractivity contribution in [3.63, 3.8) is 0 Å². The van der Waals surface area contributed by atoms with Gasteiger partial charge in [0.25, 0.3) is 0 Å². The zero-order valence-corrected chi connectivity index (χ0v) is 11.3. The van der Waals surface area contributed by atoms with Crippen LogP contribution in [0.1, 0.15) is 21.7 Å². The quantitative estimate of drug-likeness (QED) is 0.454. The largest absolute Gasteiger partial charge is 0.493 e. The molecular formula is C14H13ClO2S. The van der Waals surface area contributed by atoms with Crippen molar-refractivity contribution in [2.45, 2.75) is 6.42 Å². The molecule has 0 spiro atoms. The second-order valence-electron chi connectivity index (χ2n) is 3.69. The number of benzene rings is 1. The van der Waals surface area contributed by atoms with Crippen molar-refractivity contribution < 1.29 is 9.53 Å². The zero-order valence-electron chi connectivity index (χ0n) is 9.77. The molecule has 0 unspecified atom stereocenters. The maximum Gasteiger partial charge on any atom is 0.206 e. The molecule has 0 saturated carbocycles. The number of rotatable bonds is 6. The third-order valence-electron chi connectivity index (χ3n) is 2.41. The van der Waals surface area contributed by atoms with E-state index in [1.807, 2.05) is 35.7 Å². The molecule has 0 atom stereocenters. The van der Waals surface area contributed by atoms with E-state index in [0.29, 0.717) is 23.8 Å². The summed E-state index contributed by atoms with van der Waals surface area (Å²) in [6, 6.07) is 11.0. The van der Waals surface area contributed by atoms with Crippen LogP contribution in [0.3, 0.4) is 0 Å². The van der Waals surface area contributed by atoms with E-state index in [9.17, 15) is 4.79 Å². The van der Waals surface area contributed by atoms with Gasteiger partial charge < -0.3 is 4.74 Å². The van der Waals surface area contributed by atoms with Gasteiger partial charge in [0.05, 0.1) is 17.0 Å². The van der Waals surface area contributed by atoms with Crippen LogP contribution in [-0.4, -0.2) is 18.3 Å². The summed E-state index contributed by atoms with van der Waals surface area (Å²) in [5.41, 5.74) is 0.606. The van der Waals surface area contributed by atoms with Crippen LogP contribution in [0, 0.1) is 0 Å². The lowest BCUT2D eigenvalue weighted by Crippen LogP contribution is -2.05. The fourth-order valence-corrected chi connectivity index (χ4v) is 2.34. The molecule has 18 heavy (non-hydrogen) atoms. The Hall–Kier alpha value is -1.32. The minimum atomic E-state index is 0.00599. The summed E-state index contributed by atoms with van der Waals surface area (Å²) in [4.78, 5) is 13.0. The number of alkyl halides is 1. The SMILES string of the molecule is O=C(c1cccs1)c1ccccc1OCCCCl. The highest BCUT2D eigenvalue weighted by atomic mass is 35.5. The zero-order chi connectivity index (χ0) is 12.8. The Balaban J connectivity index is 2.19. The van der Waals surface area contributed by atoms with Gasteiger partial charge in [-0.2, -0.15) is 0 Å². The summed E-state index contributed by atoms with van der Waals surface area (Å²) in [6.07, 6.45) is 0.767. The summed E-state index contributed by atoms with van der Waals surface area (Å²) >= 11 is 7.04. The molecule has 1 aromatic heterocycles. The van der Waals surface area contributed by atoms with Crippen LogP contribution in [0.4, 0.5) is 0 Å². The van der Waals surface area contributed by atoms with Crippen molar-refractivity contribution >= 4 is 28.7 Å². The summed E-state index contributed by atoms with van der Waals surface area (Å²) in [5, 5.41) is 1.89. The summed E-state index contributed by atoms with van der Waals surface area (Å²) in [5.74, 6) is 1.19. The fraction of sp³-hybridized carbons (Fsp3) is 0.214. The molecule has 94 valence electrons. The highest BCUT2D eigenvalue weighted by Gasteiger charge is 2.14. The van der Waals surface area contributed by atoms with Crippen molar-refractivity contribution in [1.82, 2.24) is 0 Å². The number of ether oxygens (including phenoxy) is 1. The van der Waals surface area contributed by atoms with Crippen molar-refractivity contribution in [1.29, 1.82) is 0 Å². The highest BCUT2D eigenvalue weighted by Crippen LogP contribution is 2.23. The molecule has 1 aromatic carbocycles. The summed E-state index contributed by atoms with van der Waals surface area (Å²) < 4.78 is 5.60. The van der Waals surface area contributed by atoms with Crippen molar-refractivity contribution in [3.8, 4) is 5.75 Å². The number of para-hydroxylation sites is 1. The number of hydrogen-bond donors (Lipinski definition) is 0. The molecular weight excluding hydrogens is 268 g/mol. The maximum atomic E-state index is 12.3. The molecule has 0 radical (unpaired) electrons. The van der Waals surface area contributed by atoms with Crippen LogP contribution in [-0.2, 0) is 0 Å². The van der Waals surface area contributed by atoms with Gasteiger partial charge >= 0.3 is 0 Å². The van der Waals surface area contributed by atoms with Gasteiger partial charge in [-0.3, -0.25) is 4.79 Å². The predicted octanol–water partition coefficient (Wildman–Crippen LogP) is 3.99. The van der Waals surface area contributed by atoms with Gasteiger partial charge in [0.2, 0.25) is 5.78 Å². The highest BCUT2D eigenvalue weighted by molar-refractivity contribution is 7.12. The molecule has 0 N–H and O–H groups in total. The molecule has 2 aromatic rings. The number of carbonyl (C=O) groups excluding carboxylic acids is 1. The average molecular weight is 281 g/mol. The number of halogens is 1. The normalized spacial score (nSPS) is 10.3. The molecule has 0 saturated heterocycles. The molecule has 2 nitrogen and oxygen atoms in total. The molecule has 0 aliphatic heterocycles. The Labute approximate surface area is 115 Å². The van der Waals surface area contributed by atoms with Gasteiger partial charge in [-0.25, -0.2) is 0 Å². The molecule has 0 bridgehead atoms. The average Bonchev–Trinajstić information content (AvgIpc) is 2.93. The van der Waals surface area contributed by atoms with E-state index in [-0.39, 0.29) is 5.78 Å². The van der Waals surface area contributed by atoms with Gasteiger partial charge in [0.1, 0.15) is 5.75 Å². The van der Waals surface area contributed by atoms with Crippen LogP contribution in [0.5, 0.6) is 5.75 Å². The van der Waals surface area contributed by atoms with E-state index in [0.717, 1.165) is 11.3 Å². The van der Waals surface area contributed by atoms with Gasteiger partial charge in [-0.1, -0.05) is 18.2 Å². The van der Waals surface area contributed by atoms with Crippen molar-refractivity contribution in [3.05, 3.63) is 52.2 Å². The third-order valence-corrected chi connectivity index (χ3v) is 3.55. The lowest BCUT2D eigenvalue weighted by atomic mass is 10.1. The van der Waals surface area contributed by atoms with Gasteiger partial charge in [-0.15, -0.1) is 22.9 Å². The second kappa shape index (κ2) is 6.57. The van der Waals surface area contributed by atoms with Crippen LogP contribution < -0.4 is 4.74 Å². The molecule has 4 heteroatoms. The Kier molecular flexibility index (Phi) is 4.79. The first-order valence-electron chi connectivity index (χ1n) is 5.69. The lowest BCUT2D eigenvalue weighted by molar-refractivity contribution is 0.103. The first-order chi connectivity index (χ1) is 8.83. The minimum Gasteiger partial charge on any atom is -0.493 e. The number of thiophene rings is 1. The van der Waals surface area contributed by atoms with E-state index >= 15 is 0 Å².